The average molecular weight is 239 g/mol. The zero-order valence-corrected chi connectivity index (χ0v) is 10.0. The molecule has 0 bridgehead atoms. The predicted molar refractivity (Wildman–Crippen MR) is 63.9 cm³/mol. The van der Waals surface area contributed by atoms with Crippen molar-refractivity contribution in [3.63, 3.8) is 0 Å². The molecule has 2 rings (SSSR count). The molecule has 0 saturated heterocycles. The maximum atomic E-state index is 11.1. The molecule has 1 fully saturated rings. The van der Waals surface area contributed by atoms with Crippen LogP contribution in [0.2, 0.25) is 0 Å². The van der Waals surface area contributed by atoms with Gasteiger partial charge in [-0.1, -0.05) is 6.92 Å². The summed E-state index contributed by atoms with van der Waals surface area (Å²) in [6.45, 7) is 1.86. The van der Waals surface area contributed by atoms with Gasteiger partial charge in [0, 0.05) is 19.1 Å². The van der Waals surface area contributed by atoms with E-state index >= 15 is 0 Å². The lowest BCUT2D eigenvalue weighted by molar-refractivity contribution is -0.384. The summed E-state index contributed by atoms with van der Waals surface area (Å²) in [5.41, 5.74) is 6.30. The third kappa shape index (κ3) is 2.10. The van der Waals surface area contributed by atoms with Crippen LogP contribution in [0.5, 0.6) is 0 Å². The minimum atomic E-state index is -0.368. The number of aryl methyl sites for hydroxylation is 2. The van der Waals surface area contributed by atoms with Gasteiger partial charge in [0.2, 0.25) is 5.82 Å². The van der Waals surface area contributed by atoms with Gasteiger partial charge in [0.25, 0.3) is 0 Å². The number of aromatic nitrogens is 2. The van der Waals surface area contributed by atoms with Crippen LogP contribution >= 0.6 is 0 Å². The van der Waals surface area contributed by atoms with Crippen LogP contribution in [0.1, 0.15) is 25.5 Å². The molecule has 1 heterocycles. The van der Waals surface area contributed by atoms with E-state index in [4.69, 9.17) is 5.73 Å². The second-order valence-electron chi connectivity index (χ2n) is 4.45. The normalized spacial score (nSPS) is 23.2. The van der Waals surface area contributed by atoms with E-state index in [9.17, 15) is 10.1 Å². The lowest BCUT2D eigenvalue weighted by Gasteiger charge is -2.33. The number of rotatable bonds is 4. The topological polar surface area (TPSA) is 99.0 Å². The van der Waals surface area contributed by atoms with Crippen molar-refractivity contribution in [3.8, 4) is 0 Å². The Morgan fingerprint density at radius 3 is 2.76 bits per heavy atom. The van der Waals surface area contributed by atoms with Gasteiger partial charge in [-0.25, -0.2) is 4.68 Å². The van der Waals surface area contributed by atoms with E-state index in [2.05, 4.69) is 10.4 Å². The highest BCUT2D eigenvalue weighted by atomic mass is 16.6. The fourth-order valence-corrected chi connectivity index (χ4v) is 2.13. The molecule has 1 aliphatic carbocycles. The van der Waals surface area contributed by atoms with Crippen molar-refractivity contribution in [2.45, 2.75) is 38.3 Å². The largest absolute Gasteiger partial charge is 0.362 e. The highest BCUT2D eigenvalue weighted by Crippen LogP contribution is 2.31. The minimum absolute atomic E-state index is 0.0930. The number of hydrogen-bond acceptors (Lipinski definition) is 5. The number of nitrogens with one attached hydrogen (secondary N) is 1. The lowest BCUT2D eigenvalue weighted by Crippen LogP contribution is -2.44. The van der Waals surface area contributed by atoms with Crippen LogP contribution in [-0.4, -0.2) is 26.8 Å². The Balaban J connectivity index is 2.25. The molecule has 3 N–H and O–H groups in total. The van der Waals surface area contributed by atoms with E-state index in [-0.39, 0.29) is 22.7 Å². The molecular weight excluding hydrogens is 222 g/mol. The summed E-state index contributed by atoms with van der Waals surface area (Å²) in [6, 6.07) is 0.439. The van der Waals surface area contributed by atoms with Crippen molar-refractivity contribution in [1.29, 1.82) is 0 Å². The first kappa shape index (κ1) is 11.8. The summed E-state index contributed by atoms with van der Waals surface area (Å²) in [5, 5.41) is 18.4. The molecule has 7 heteroatoms. The van der Waals surface area contributed by atoms with Crippen molar-refractivity contribution in [3.05, 3.63) is 15.8 Å². The van der Waals surface area contributed by atoms with Crippen molar-refractivity contribution in [1.82, 2.24) is 9.78 Å². The second-order valence-corrected chi connectivity index (χ2v) is 4.45. The first-order chi connectivity index (χ1) is 8.02. The third-order valence-corrected chi connectivity index (χ3v) is 3.12. The van der Waals surface area contributed by atoms with Crippen LogP contribution < -0.4 is 11.1 Å². The molecule has 0 spiro atoms. The van der Waals surface area contributed by atoms with Gasteiger partial charge in [-0.3, -0.25) is 10.1 Å². The Hall–Kier alpha value is -1.63. The van der Waals surface area contributed by atoms with Crippen molar-refractivity contribution in [2.75, 3.05) is 5.32 Å². The molecule has 94 valence electrons. The zero-order chi connectivity index (χ0) is 12.6. The Morgan fingerprint density at radius 2 is 2.29 bits per heavy atom. The van der Waals surface area contributed by atoms with Crippen molar-refractivity contribution >= 4 is 11.5 Å². The van der Waals surface area contributed by atoms with E-state index < -0.39 is 0 Å². The average Bonchev–Trinajstić information content (AvgIpc) is 2.53. The van der Waals surface area contributed by atoms with Crippen LogP contribution in [-0.2, 0) is 13.5 Å². The van der Waals surface area contributed by atoms with Gasteiger partial charge in [-0.05, 0) is 19.3 Å². The van der Waals surface area contributed by atoms with Gasteiger partial charge in [-0.15, -0.1) is 0 Å². The monoisotopic (exact) mass is 239 g/mol. The number of hydrogen-bond donors (Lipinski definition) is 2. The first-order valence-electron chi connectivity index (χ1n) is 5.75. The summed E-state index contributed by atoms with van der Waals surface area (Å²) in [7, 11) is 1.72. The number of nitro groups is 1. The number of anilines is 1. The molecule has 0 aliphatic heterocycles. The Bertz CT molecular complexity index is 436. The molecule has 0 aromatic carbocycles. The maximum Gasteiger partial charge on any atom is 0.333 e. The van der Waals surface area contributed by atoms with Gasteiger partial charge >= 0.3 is 5.69 Å². The van der Waals surface area contributed by atoms with Crippen LogP contribution in [0.25, 0.3) is 0 Å². The van der Waals surface area contributed by atoms with E-state index in [1.54, 1.807) is 11.7 Å². The summed E-state index contributed by atoms with van der Waals surface area (Å²) in [4.78, 5) is 10.7. The maximum absolute atomic E-state index is 11.1. The highest BCUT2D eigenvalue weighted by molar-refractivity contribution is 5.60. The molecule has 0 radical (unpaired) electrons. The van der Waals surface area contributed by atoms with Gasteiger partial charge in [0.1, 0.15) is 5.69 Å². The smallest absolute Gasteiger partial charge is 0.333 e. The van der Waals surface area contributed by atoms with Gasteiger partial charge in [0.05, 0.1) is 4.92 Å². The van der Waals surface area contributed by atoms with Crippen LogP contribution in [0.15, 0.2) is 0 Å². The van der Waals surface area contributed by atoms with Gasteiger partial charge in [0.15, 0.2) is 0 Å². The molecule has 0 amide bonds. The SMILES string of the molecule is CCc1nn(C)c(NC2CC(N)C2)c1[N+](=O)[O-]. The summed E-state index contributed by atoms with van der Waals surface area (Å²) >= 11 is 0. The van der Waals surface area contributed by atoms with Crippen molar-refractivity contribution < 1.29 is 4.92 Å². The van der Waals surface area contributed by atoms with E-state index in [1.165, 1.54) is 0 Å². The molecule has 1 aliphatic rings. The highest BCUT2D eigenvalue weighted by Gasteiger charge is 2.31. The standard InChI is InChI=1S/C10H17N5O2/c1-3-8-9(15(16)17)10(14(2)13-8)12-7-4-6(11)5-7/h6-7,12H,3-5,11H2,1-2H3. The molecule has 1 aromatic rings. The number of nitrogens with zero attached hydrogens (tertiary/aromatic N) is 3. The summed E-state index contributed by atoms with van der Waals surface area (Å²) in [5.74, 6) is 0.490. The first-order valence-corrected chi connectivity index (χ1v) is 5.75. The van der Waals surface area contributed by atoms with E-state index in [1.807, 2.05) is 6.92 Å². The fraction of sp³-hybridized carbons (Fsp3) is 0.700. The zero-order valence-electron chi connectivity index (χ0n) is 10.0. The van der Waals surface area contributed by atoms with Gasteiger partial charge in [-0.2, -0.15) is 5.10 Å². The Labute approximate surface area is 99.1 Å². The molecule has 7 nitrogen and oxygen atoms in total. The Morgan fingerprint density at radius 1 is 1.65 bits per heavy atom. The molecule has 17 heavy (non-hydrogen) atoms. The fourth-order valence-electron chi connectivity index (χ4n) is 2.13. The summed E-state index contributed by atoms with van der Waals surface area (Å²) < 4.78 is 1.54. The van der Waals surface area contributed by atoms with Crippen LogP contribution in [0.3, 0.4) is 0 Å². The van der Waals surface area contributed by atoms with Crippen molar-refractivity contribution in [2.24, 2.45) is 12.8 Å². The van der Waals surface area contributed by atoms with Crippen LogP contribution in [0, 0.1) is 10.1 Å². The second kappa shape index (κ2) is 4.33. The third-order valence-electron chi connectivity index (χ3n) is 3.12. The molecule has 1 saturated carbocycles. The number of nitrogens with two attached hydrogens (primary N) is 1. The molecular formula is C10H17N5O2. The lowest BCUT2D eigenvalue weighted by atomic mass is 9.88. The van der Waals surface area contributed by atoms with E-state index in [0.29, 0.717) is 17.9 Å². The molecule has 1 aromatic heterocycles. The molecule has 0 atom stereocenters. The van der Waals surface area contributed by atoms with Crippen LogP contribution in [0.4, 0.5) is 11.5 Å². The van der Waals surface area contributed by atoms with E-state index in [0.717, 1.165) is 12.8 Å². The molecule has 0 unspecified atom stereocenters. The Kier molecular flexibility index (Phi) is 3.01. The van der Waals surface area contributed by atoms with Gasteiger partial charge < -0.3 is 11.1 Å². The predicted octanol–water partition coefficient (Wildman–Crippen LogP) is 0.792. The summed E-state index contributed by atoms with van der Waals surface area (Å²) in [6.07, 6.45) is 2.25. The minimum Gasteiger partial charge on any atom is -0.362 e. The quantitative estimate of drug-likeness (QED) is 0.598.